The first kappa shape index (κ1) is 16.4. The van der Waals surface area contributed by atoms with Crippen molar-refractivity contribution in [1.29, 1.82) is 0 Å². The Morgan fingerprint density at radius 2 is 2.09 bits per heavy atom. The molecule has 0 bridgehead atoms. The molecule has 1 aliphatic carbocycles. The lowest BCUT2D eigenvalue weighted by atomic mass is 10.1. The summed E-state index contributed by atoms with van der Waals surface area (Å²) in [7, 11) is -3.52. The Kier molecular flexibility index (Phi) is 4.22. The minimum absolute atomic E-state index is 0.0405. The normalized spacial score (nSPS) is 23.5. The highest BCUT2D eigenvalue weighted by molar-refractivity contribution is 7.90. The molecule has 7 nitrogen and oxygen atoms in total. The molecule has 1 amide bonds. The molecule has 1 saturated heterocycles. The maximum atomic E-state index is 12.5. The van der Waals surface area contributed by atoms with E-state index in [1.807, 2.05) is 20.8 Å². The molecule has 23 heavy (non-hydrogen) atoms. The van der Waals surface area contributed by atoms with Crippen LogP contribution in [0.5, 0.6) is 0 Å². The van der Waals surface area contributed by atoms with Crippen molar-refractivity contribution in [2.45, 2.75) is 63.8 Å². The van der Waals surface area contributed by atoms with E-state index in [1.54, 1.807) is 4.90 Å². The van der Waals surface area contributed by atoms with Crippen molar-refractivity contribution < 1.29 is 17.7 Å². The van der Waals surface area contributed by atoms with Gasteiger partial charge in [-0.3, -0.25) is 4.79 Å². The number of aryl methyl sites for hydroxylation is 2. The van der Waals surface area contributed by atoms with Crippen molar-refractivity contribution in [3.8, 4) is 0 Å². The number of carbonyl (C=O) groups excluding carboxylic acids is 1. The number of amides is 1. The van der Waals surface area contributed by atoms with Gasteiger partial charge in [-0.05, 0) is 40.0 Å². The summed E-state index contributed by atoms with van der Waals surface area (Å²) < 4.78 is 32.9. The third kappa shape index (κ3) is 3.42. The maximum absolute atomic E-state index is 12.5. The van der Waals surface area contributed by atoms with Gasteiger partial charge < -0.3 is 9.42 Å². The summed E-state index contributed by atoms with van der Waals surface area (Å²) in [6, 6.07) is -0.00990. The molecule has 1 aromatic heterocycles. The minimum Gasteiger partial charge on any atom is -0.361 e. The van der Waals surface area contributed by atoms with E-state index in [9.17, 15) is 13.2 Å². The summed E-state index contributed by atoms with van der Waals surface area (Å²) in [5, 5.41) is 3.24. The molecular formula is C15H23N3O4S. The summed E-state index contributed by atoms with van der Waals surface area (Å²) in [6.07, 6.45) is 2.60. The molecule has 2 fully saturated rings. The number of hydrogen-bond donors (Lipinski definition) is 1. The topological polar surface area (TPSA) is 92.5 Å². The Balaban J connectivity index is 1.63. The lowest BCUT2D eigenvalue weighted by Crippen LogP contribution is -2.42. The number of likely N-dealkylation sites (tertiary alicyclic amines) is 1. The first-order valence-corrected chi connectivity index (χ1v) is 9.55. The smallest absolute Gasteiger partial charge is 0.224 e. The second-order valence-corrected chi connectivity index (χ2v) is 8.67. The molecule has 2 aliphatic rings. The summed E-state index contributed by atoms with van der Waals surface area (Å²) >= 11 is 0. The zero-order valence-corrected chi connectivity index (χ0v) is 14.5. The van der Waals surface area contributed by atoms with Crippen LogP contribution in [0.15, 0.2) is 4.52 Å². The fourth-order valence-electron chi connectivity index (χ4n) is 3.16. The van der Waals surface area contributed by atoms with Crippen molar-refractivity contribution in [2.75, 3.05) is 6.54 Å². The number of sulfonamides is 1. The Morgan fingerprint density at radius 3 is 2.65 bits per heavy atom. The van der Waals surface area contributed by atoms with Crippen LogP contribution in [0.3, 0.4) is 0 Å². The van der Waals surface area contributed by atoms with E-state index in [1.165, 1.54) is 0 Å². The molecule has 0 aromatic carbocycles. The number of nitrogens with one attached hydrogen (secondary N) is 1. The molecule has 1 N–H and O–H groups in total. The van der Waals surface area contributed by atoms with Crippen LogP contribution in [0.1, 0.15) is 43.2 Å². The van der Waals surface area contributed by atoms with Crippen LogP contribution < -0.4 is 4.72 Å². The van der Waals surface area contributed by atoms with Crippen LogP contribution in [0, 0.1) is 13.8 Å². The summed E-state index contributed by atoms with van der Waals surface area (Å²) in [6.45, 7) is 5.80. The third-order valence-electron chi connectivity index (χ3n) is 4.61. The monoisotopic (exact) mass is 341 g/mol. The van der Waals surface area contributed by atoms with E-state index >= 15 is 0 Å². The molecule has 3 rings (SSSR count). The lowest BCUT2D eigenvalue weighted by Gasteiger charge is -2.19. The van der Waals surface area contributed by atoms with Gasteiger partial charge in [-0.25, -0.2) is 13.1 Å². The zero-order valence-electron chi connectivity index (χ0n) is 13.7. The van der Waals surface area contributed by atoms with Gasteiger partial charge in [-0.1, -0.05) is 5.16 Å². The molecule has 1 aliphatic heterocycles. The number of aromatic nitrogens is 1. The molecule has 0 spiro atoms. The quantitative estimate of drug-likeness (QED) is 0.830. The number of hydrogen-bond acceptors (Lipinski definition) is 5. The second kappa shape index (κ2) is 5.90. The van der Waals surface area contributed by atoms with Gasteiger partial charge in [0.2, 0.25) is 15.9 Å². The molecule has 0 radical (unpaired) electrons. The van der Waals surface area contributed by atoms with E-state index in [-0.39, 0.29) is 24.4 Å². The number of rotatable bonds is 6. The van der Waals surface area contributed by atoms with Gasteiger partial charge in [0.25, 0.3) is 0 Å². The molecule has 2 atom stereocenters. The Morgan fingerprint density at radius 1 is 1.39 bits per heavy atom. The van der Waals surface area contributed by atoms with Crippen molar-refractivity contribution in [3.05, 3.63) is 17.0 Å². The van der Waals surface area contributed by atoms with Crippen LogP contribution >= 0.6 is 0 Å². The highest BCUT2D eigenvalue weighted by Crippen LogP contribution is 2.32. The highest BCUT2D eigenvalue weighted by Gasteiger charge is 2.44. The van der Waals surface area contributed by atoms with Crippen molar-refractivity contribution in [1.82, 2.24) is 14.8 Å². The lowest BCUT2D eigenvalue weighted by molar-refractivity contribution is -0.128. The van der Waals surface area contributed by atoms with E-state index in [0.717, 1.165) is 24.1 Å². The minimum atomic E-state index is -3.52. The van der Waals surface area contributed by atoms with Gasteiger partial charge in [0, 0.05) is 30.6 Å². The average molecular weight is 341 g/mol. The van der Waals surface area contributed by atoms with E-state index < -0.39 is 15.3 Å². The van der Waals surface area contributed by atoms with Crippen molar-refractivity contribution in [2.24, 2.45) is 0 Å². The van der Waals surface area contributed by atoms with Crippen LogP contribution in [-0.2, 0) is 21.2 Å². The predicted octanol–water partition coefficient (Wildman–Crippen LogP) is 0.905. The van der Waals surface area contributed by atoms with Gasteiger partial charge in [-0.2, -0.15) is 0 Å². The highest BCUT2D eigenvalue weighted by atomic mass is 32.2. The van der Waals surface area contributed by atoms with Gasteiger partial charge in [0.05, 0.1) is 5.69 Å². The van der Waals surface area contributed by atoms with Crippen LogP contribution in [0.2, 0.25) is 0 Å². The summed E-state index contributed by atoms with van der Waals surface area (Å²) in [5.41, 5.74) is 1.71. The van der Waals surface area contributed by atoms with E-state index in [4.69, 9.17) is 4.52 Å². The Bertz CT molecular complexity index is 689. The molecule has 2 heterocycles. The van der Waals surface area contributed by atoms with Crippen molar-refractivity contribution >= 4 is 15.9 Å². The van der Waals surface area contributed by atoms with Gasteiger partial charge in [0.1, 0.15) is 11.0 Å². The average Bonchev–Trinajstić information content (AvgIpc) is 3.16. The number of carbonyl (C=O) groups is 1. The fraction of sp³-hybridized carbons (Fsp3) is 0.733. The molecule has 128 valence electrons. The molecule has 0 unspecified atom stereocenters. The number of nitrogens with zero attached hydrogens (tertiary/aromatic N) is 2. The van der Waals surface area contributed by atoms with E-state index in [0.29, 0.717) is 18.7 Å². The first-order valence-electron chi connectivity index (χ1n) is 8.00. The molecule has 8 heteroatoms. The SMILES string of the molecule is Cc1noc(C)c1C[C@H](C)NS(=O)(=O)[C@@H]1CC(=O)N(C2CC2)C1. The maximum Gasteiger partial charge on any atom is 0.224 e. The Labute approximate surface area is 136 Å². The largest absolute Gasteiger partial charge is 0.361 e. The first-order chi connectivity index (χ1) is 10.8. The third-order valence-corrected chi connectivity index (χ3v) is 6.53. The standard InChI is InChI=1S/C15H23N3O4S/c1-9(6-14-10(2)16-22-11(14)3)17-23(20,21)13-7-15(19)18(8-13)12-4-5-12/h9,12-13,17H,4-8H2,1-3H3/t9-,13+/m0/s1. The Hall–Kier alpha value is -1.41. The van der Waals surface area contributed by atoms with E-state index in [2.05, 4.69) is 9.88 Å². The van der Waals surface area contributed by atoms with Crippen molar-refractivity contribution in [3.63, 3.8) is 0 Å². The van der Waals surface area contributed by atoms with Crippen LogP contribution in [-0.4, -0.2) is 48.3 Å². The fourth-order valence-corrected chi connectivity index (χ4v) is 4.72. The van der Waals surface area contributed by atoms with Gasteiger partial charge >= 0.3 is 0 Å². The second-order valence-electron chi connectivity index (χ2n) is 6.67. The molecular weight excluding hydrogens is 318 g/mol. The van der Waals surface area contributed by atoms with Gasteiger partial charge in [0.15, 0.2) is 0 Å². The van der Waals surface area contributed by atoms with Gasteiger partial charge in [-0.15, -0.1) is 0 Å². The van der Waals surface area contributed by atoms with Crippen LogP contribution in [0.25, 0.3) is 0 Å². The molecule has 1 aromatic rings. The summed E-state index contributed by atoms with van der Waals surface area (Å²) in [5.74, 6) is 0.672. The van der Waals surface area contributed by atoms with Crippen LogP contribution in [0.4, 0.5) is 0 Å². The predicted molar refractivity (Wildman–Crippen MR) is 84.3 cm³/mol. The molecule has 1 saturated carbocycles. The zero-order chi connectivity index (χ0) is 16.8. The summed E-state index contributed by atoms with van der Waals surface area (Å²) in [4.78, 5) is 13.7.